The second-order valence-corrected chi connectivity index (χ2v) is 5.22. The Morgan fingerprint density at radius 1 is 1.12 bits per heavy atom. The first-order valence-electron chi connectivity index (χ1n) is 5.61. The van der Waals surface area contributed by atoms with E-state index in [1.54, 1.807) is 0 Å². The first kappa shape index (κ1) is 11.4. The van der Waals surface area contributed by atoms with Crippen molar-refractivity contribution in [2.75, 3.05) is 0 Å². The van der Waals surface area contributed by atoms with E-state index in [4.69, 9.17) is 0 Å². The fraction of sp³-hybridized carbons (Fsp3) is 0.429. The van der Waals surface area contributed by atoms with Gasteiger partial charge in [-0.05, 0) is 23.5 Å². The molecular weight excluding hydrogens is 200 g/mol. The highest BCUT2D eigenvalue weighted by Crippen LogP contribution is 2.47. The average Bonchev–Trinajstić information content (AvgIpc) is 2.16. The summed E-state index contributed by atoms with van der Waals surface area (Å²) in [7, 11) is 0. The number of aliphatic hydroxyl groups is 2. The summed E-state index contributed by atoms with van der Waals surface area (Å²) in [6.45, 7) is 4.13. The standard InChI is InChI=1S/C14H18O2/c1-13(2)9-6-10-14(15,16)12(13)11-7-4-3-5-8-11/h3-8,10,12,15-16H,9H2,1-2H3. The lowest BCUT2D eigenvalue weighted by atomic mass is 9.66. The van der Waals surface area contributed by atoms with Crippen LogP contribution in [0.3, 0.4) is 0 Å². The number of hydrogen-bond donors (Lipinski definition) is 2. The number of hydrogen-bond acceptors (Lipinski definition) is 2. The van der Waals surface area contributed by atoms with Crippen LogP contribution in [0.2, 0.25) is 0 Å². The van der Waals surface area contributed by atoms with Crippen molar-refractivity contribution in [3.8, 4) is 0 Å². The third-order valence-electron chi connectivity index (χ3n) is 3.35. The summed E-state index contributed by atoms with van der Waals surface area (Å²) in [5, 5.41) is 20.2. The average molecular weight is 218 g/mol. The molecule has 1 aromatic rings. The molecule has 1 aromatic carbocycles. The Labute approximate surface area is 96.2 Å². The van der Waals surface area contributed by atoms with Gasteiger partial charge in [-0.15, -0.1) is 0 Å². The molecule has 0 aliphatic heterocycles. The summed E-state index contributed by atoms with van der Waals surface area (Å²) in [6, 6.07) is 9.70. The Kier molecular flexibility index (Phi) is 2.64. The first-order chi connectivity index (χ1) is 7.43. The maximum absolute atomic E-state index is 10.1. The second-order valence-electron chi connectivity index (χ2n) is 5.22. The number of benzene rings is 1. The van der Waals surface area contributed by atoms with Gasteiger partial charge in [0.25, 0.3) is 0 Å². The second kappa shape index (κ2) is 3.72. The fourth-order valence-corrected chi connectivity index (χ4v) is 2.67. The van der Waals surface area contributed by atoms with Crippen LogP contribution in [0.5, 0.6) is 0 Å². The molecule has 1 aliphatic rings. The van der Waals surface area contributed by atoms with Gasteiger partial charge in [-0.3, -0.25) is 0 Å². The minimum absolute atomic E-state index is 0.153. The molecular formula is C14H18O2. The molecule has 16 heavy (non-hydrogen) atoms. The Bertz CT molecular complexity index is 390. The van der Waals surface area contributed by atoms with E-state index in [0.29, 0.717) is 0 Å². The van der Waals surface area contributed by atoms with E-state index in [1.165, 1.54) is 6.08 Å². The van der Waals surface area contributed by atoms with Gasteiger partial charge in [0.15, 0.2) is 5.79 Å². The van der Waals surface area contributed by atoms with E-state index in [0.717, 1.165) is 12.0 Å². The largest absolute Gasteiger partial charge is 0.362 e. The highest BCUT2D eigenvalue weighted by atomic mass is 16.5. The third-order valence-corrected chi connectivity index (χ3v) is 3.35. The molecule has 1 atom stereocenters. The normalized spacial score (nSPS) is 26.6. The molecule has 0 heterocycles. The zero-order valence-electron chi connectivity index (χ0n) is 9.72. The van der Waals surface area contributed by atoms with Crippen LogP contribution in [-0.2, 0) is 0 Å². The van der Waals surface area contributed by atoms with Crippen LogP contribution in [0, 0.1) is 5.41 Å². The predicted octanol–water partition coefficient (Wildman–Crippen LogP) is 2.44. The summed E-state index contributed by atoms with van der Waals surface area (Å²) >= 11 is 0. The lowest BCUT2D eigenvalue weighted by molar-refractivity contribution is -0.164. The van der Waals surface area contributed by atoms with Gasteiger partial charge in [0.2, 0.25) is 0 Å². The molecule has 1 aliphatic carbocycles. The Morgan fingerprint density at radius 2 is 1.75 bits per heavy atom. The maximum Gasteiger partial charge on any atom is 0.190 e. The molecule has 2 heteroatoms. The molecule has 0 aromatic heterocycles. The van der Waals surface area contributed by atoms with Crippen LogP contribution < -0.4 is 0 Å². The molecule has 0 radical (unpaired) electrons. The number of rotatable bonds is 1. The Hall–Kier alpha value is -1.12. The lowest BCUT2D eigenvalue weighted by Gasteiger charge is -2.43. The van der Waals surface area contributed by atoms with Crippen LogP contribution in [0.25, 0.3) is 0 Å². The van der Waals surface area contributed by atoms with Crippen molar-refractivity contribution in [2.45, 2.75) is 32.0 Å². The van der Waals surface area contributed by atoms with Crippen LogP contribution >= 0.6 is 0 Å². The van der Waals surface area contributed by atoms with Crippen molar-refractivity contribution < 1.29 is 10.2 Å². The van der Waals surface area contributed by atoms with Crippen molar-refractivity contribution in [3.63, 3.8) is 0 Å². The molecule has 0 saturated carbocycles. The van der Waals surface area contributed by atoms with E-state index < -0.39 is 5.79 Å². The molecule has 0 amide bonds. The zero-order chi connectivity index (χ0) is 11.8. The van der Waals surface area contributed by atoms with Gasteiger partial charge < -0.3 is 10.2 Å². The van der Waals surface area contributed by atoms with Crippen LogP contribution in [0.15, 0.2) is 42.5 Å². The molecule has 2 nitrogen and oxygen atoms in total. The molecule has 0 bridgehead atoms. The minimum Gasteiger partial charge on any atom is -0.362 e. The summed E-state index contributed by atoms with van der Waals surface area (Å²) in [5.41, 5.74) is 0.821. The van der Waals surface area contributed by atoms with E-state index in [1.807, 2.05) is 36.4 Å². The van der Waals surface area contributed by atoms with Gasteiger partial charge >= 0.3 is 0 Å². The maximum atomic E-state index is 10.1. The van der Waals surface area contributed by atoms with Crippen molar-refractivity contribution in [1.29, 1.82) is 0 Å². The quantitative estimate of drug-likeness (QED) is 0.561. The zero-order valence-corrected chi connectivity index (χ0v) is 9.72. The molecule has 0 fully saturated rings. The van der Waals surface area contributed by atoms with Crippen LogP contribution in [0.4, 0.5) is 0 Å². The molecule has 0 saturated heterocycles. The summed E-state index contributed by atoms with van der Waals surface area (Å²) < 4.78 is 0. The predicted molar refractivity (Wildman–Crippen MR) is 63.9 cm³/mol. The molecule has 1 unspecified atom stereocenters. The van der Waals surface area contributed by atoms with E-state index >= 15 is 0 Å². The first-order valence-corrected chi connectivity index (χ1v) is 5.61. The molecule has 2 N–H and O–H groups in total. The molecule has 86 valence electrons. The highest BCUT2D eigenvalue weighted by Gasteiger charge is 2.45. The Balaban J connectivity index is 2.48. The fourth-order valence-electron chi connectivity index (χ4n) is 2.67. The topological polar surface area (TPSA) is 40.5 Å². The van der Waals surface area contributed by atoms with Crippen LogP contribution in [0.1, 0.15) is 31.7 Å². The highest BCUT2D eigenvalue weighted by molar-refractivity contribution is 5.29. The van der Waals surface area contributed by atoms with Gasteiger partial charge in [0, 0.05) is 5.92 Å². The van der Waals surface area contributed by atoms with Gasteiger partial charge in [-0.1, -0.05) is 50.3 Å². The number of allylic oxidation sites excluding steroid dienone is 1. The smallest absolute Gasteiger partial charge is 0.190 e. The Morgan fingerprint density at radius 3 is 2.31 bits per heavy atom. The lowest BCUT2D eigenvalue weighted by Crippen LogP contribution is -2.44. The minimum atomic E-state index is -1.75. The van der Waals surface area contributed by atoms with Crippen molar-refractivity contribution in [1.82, 2.24) is 0 Å². The van der Waals surface area contributed by atoms with Crippen molar-refractivity contribution in [3.05, 3.63) is 48.0 Å². The van der Waals surface area contributed by atoms with E-state index in [-0.39, 0.29) is 11.3 Å². The molecule has 2 rings (SSSR count). The van der Waals surface area contributed by atoms with Gasteiger partial charge in [-0.25, -0.2) is 0 Å². The van der Waals surface area contributed by atoms with Gasteiger partial charge in [0.05, 0.1) is 0 Å². The van der Waals surface area contributed by atoms with Gasteiger partial charge in [-0.2, -0.15) is 0 Å². The SMILES string of the molecule is CC1(C)CC=CC(O)(O)C1c1ccccc1. The third kappa shape index (κ3) is 1.91. The summed E-state index contributed by atoms with van der Waals surface area (Å²) in [4.78, 5) is 0. The van der Waals surface area contributed by atoms with E-state index in [9.17, 15) is 10.2 Å². The van der Waals surface area contributed by atoms with Crippen LogP contribution in [-0.4, -0.2) is 16.0 Å². The summed E-state index contributed by atoms with van der Waals surface area (Å²) in [5.74, 6) is -2.03. The van der Waals surface area contributed by atoms with Crippen molar-refractivity contribution >= 4 is 0 Å². The van der Waals surface area contributed by atoms with Crippen molar-refractivity contribution in [2.24, 2.45) is 5.41 Å². The van der Waals surface area contributed by atoms with Gasteiger partial charge in [0.1, 0.15) is 0 Å². The monoisotopic (exact) mass is 218 g/mol. The van der Waals surface area contributed by atoms with E-state index in [2.05, 4.69) is 13.8 Å². The molecule has 0 spiro atoms. The summed E-state index contributed by atoms with van der Waals surface area (Å²) in [6.07, 6.45) is 4.20.